The van der Waals surface area contributed by atoms with E-state index in [2.05, 4.69) is 17.4 Å². The number of hydrogen-bond acceptors (Lipinski definition) is 6. The number of ether oxygens (including phenoxy) is 2. The molecule has 1 unspecified atom stereocenters. The van der Waals surface area contributed by atoms with Crippen LogP contribution in [0.4, 0.5) is 5.82 Å². The van der Waals surface area contributed by atoms with E-state index in [0.717, 1.165) is 55.7 Å². The molecule has 1 saturated carbocycles. The minimum Gasteiger partial charge on any atom is -0.493 e. The number of pyridine rings is 1. The lowest BCUT2D eigenvalue weighted by atomic mass is 10.0. The number of aliphatic carboxylic acids is 1. The summed E-state index contributed by atoms with van der Waals surface area (Å²) >= 11 is 0. The van der Waals surface area contributed by atoms with E-state index in [1.165, 1.54) is 24.8 Å². The van der Waals surface area contributed by atoms with Crippen molar-refractivity contribution in [2.24, 2.45) is 5.92 Å². The highest BCUT2D eigenvalue weighted by molar-refractivity contribution is 5.76. The van der Waals surface area contributed by atoms with Crippen LogP contribution in [0.3, 0.4) is 0 Å². The lowest BCUT2D eigenvalue weighted by Gasteiger charge is -2.26. The van der Waals surface area contributed by atoms with Crippen LogP contribution in [0, 0.1) is 5.92 Å². The molecule has 1 aromatic heterocycles. The number of carboxylic acid groups (broad SMARTS) is 1. The lowest BCUT2D eigenvalue weighted by molar-refractivity contribution is -0.143. The maximum absolute atomic E-state index is 12.3. The second kappa shape index (κ2) is 11.4. The number of nitrogens with zero attached hydrogens (tertiary/aromatic N) is 2. The van der Waals surface area contributed by atoms with Crippen LogP contribution in [0.15, 0.2) is 36.4 Å². The molecule has 3 aliphatic rings. The minimum absolute atomic E-state index is 0.0717. The number of benzene rings is 1. The molecule has 0 spiro atoms. The summed E-state index contributed by atoms with van der Waals surface area (Å²) in [6, 6.07) is 11.2. The van der Waals surface area contributed by atoms with Crippen molar-refractivity contribution in [2.75, 3.05) is 38.2 Å². The molecule has 0 bridgehead atoms. The van der Waals surface area contributed by atoms with Crippen LogP contribution in [-0.2, 0) is 22.4 Å². The first-order valence-corrected chi connectivity index (χ1v) is 13.2. The van der Waals surface area contributed by atoms with Crippen LogP contribution >= 0.6 is 0 Å². The number of likely N-dealkylation sites (tertiary alicyclic amines) is 1. The predicted octanol–water partition coefficient (Wildman–Crippen LogP) is 4.47. The van der Waals surface area contributed by atoms with E-state index in [9.17, 15) is 9.90 Å². The third-order valence-corrected chi connectivity index (χ3v) is 7.29. The summed E-state index contributed by atoms with van der Waals surface area (Å²) in [7, 11) is 0. The molecule has 1 saturated heterocycles. The number of carboxylic acids is 1. The molecule has 1 aromatic carbocycles. The first-order chi connectivity index (χ1) is 17.2. The molecule has 35 heavy (non-hydrogen) atoms. The summed E-state index contributed by atoms with van der Waals surface area (Å²) < 4.78 is 12.2. The first-order valence-electron chi connectivity index (χ1n) is 13.2. The highest BCUT2D eigenvalue weighted by atomic mass is 16.5. The highest BCUT2D eigenvalue weighted by Gasteiger charge is 2.35. The molecule has 2 atom stereocenters. The van der Waals surface area contributed by atoms with E-state index in [1.54, 1.807) is 0 Å². The fourth-order valence-electron chi connectivity index (χ4n) is 5.11. The van der Waals surface area contributed by atoms with Crippen LogP contribution < -0.4 is 10.1 Å². The van der Waals surface area contributed by atoms with E-state index in [4.69, 9.17) is 14.5 Å². The molecular weight excluding hydrogens is 442 g/mol. The Labute approximate surface area is 207 Å². The van der Waals surface area contributed by atoms with Crippen molar-refractivity contribution in [3.05, 3.63) is 53.2 Å². The van der Waals surface area contributed by atoms with Gasteiger partial charge in [0, 0.05) is 37.5 Å². The predicted molar refractivity (Wildman–Crippen MR) is 135 cm³/mol. The van der Waals surface area contributed by atoms with Gasteiger partial charge in [0.2, 0.25) is 0 Å². The van der Waals surface area contributed by atoms with Crippen molar-refractivity contribution < 1.29 is 19.4 Å². The molecule has 3 heterocycles. The van der Waals surface area contributed by atoms with Gasteiger partial charge < -0.3 is 19.9 Å². The third-order valence-electron chi connectivity index (χ3n) is 7.29. The third kappa shape index (κ3) is 6.33. The zero-order chi connectivity index (χ0) is 24.0. The maximum Gasteiger partial charge on any atom is 0.325 e. The van der Waals surface area contributed by atoms with Crippen molar-refractivity contribution >= 4 is 11.8 Å². The second-order valence-corrected chi connectivity index (χ2v) is 10.1. The van der Waals surface area contributed by atoms with Crippen LogP contribution in [0.25, 0.3) is 0 Å². The quantitative estimate of drug-likeness (QED) is 0.435. The van der Waals surface area contributed by atoms with E-state index < -0.39 is 12.0 Å². The SMILES string of the molecule is O=C(O)C(c1ccccc1OCC1CC1)N1CC[C@@H](OCCCCc2ccc3c(n2)NCCC3)C1. The van der Waals surface area contributed by atoms with Crippen molar-refractivity contribution in [1.82, 2.24) is 9.88 Å². The van der Waals surface area contributed by atoms with Gasteiger partial charge in [0.15, 0.2) is 0 Å². The van der Waals surface area contributed by atoms with E-state index in [1.807, 2.05) is 29.2 Å². The van der Waals surface area contributed by atoms with Gasteiger partial charge in [-0.1, -0.05) is 24.3 Å². The standard InChI is InChI=1S/C28H37N3O4/c32-28(33)26(24-8-1-2-9-25(24)35-19-20-10-11-20)31-16-14-23(18-31)34-17-4-3-7-22-13-12-21-6-5-15-29-27(21)30-22/h1-2,8-9,12-13,20,23,26H,3-7,10-11,14-19H2,(H,29,30)(H,32,33)/t23-,26?/m1/s1. The number of hydrogen-bond donors (Lipinski definition) is 2. The Bertz CT molecular complexity index is 1010. The normalized spacial score (nSPS) is 20.7. The van der Waals surface area contributed by atoms with E-state index in [0.29, 0.717) is 38.0 Å². The van der Waals surface area contributed by atoms with Crippen molar-refractivity contribution in [3.8, 4) is 5.75 Å². The van der Waals surface area contributed by atoms with Crippen molar-refractivity contribution in [1.29, 1.82) is 0 Å². The van der Waals surface area contributed by atoms with Gasteiger partial charge in [-0.05, 0) is 75.0 Å². The summed E-state index contributed by atoms with van der Waals surface area (Å²) in [6.07, 6.45) is 8.59. The molecule has 2 fully saturated rings. The van der Waals surface area contributed by atoms with Gasteiger partial charge in [-0.2, -0.15) is 0 Å². The molecule has 5 rings (SSSR count). The molecule has 7 heteroatoms. The smallest absolute Gasteiger partial charge is 0.325 e. The van der Waals surface area contributed by atoms with E-state index >= 15 is 0 Å². The van der Waals surface area contributed by atoms with Crippen LogP contribution in [0.1, 0.15) is 61.4 Å². The molecule has 7 nitrogen and oxygen atoms in total. The summed E-state index contributed by atoms with van der Waals surface area (Å²) in [5, 5.41) is 13.5. The van der Waals surface area contributed by atoms with E-state index in [-0.39, 0.29) is 6.10 Å². The largest absolute Gasteiger partial charge is 0.493 e. The van der Waals surface area contributed by atoms with Crippen molar-refractivity contribution in [2.45, 2.75) is 63.5 Å². The molecule has 1 aliphatic carbocycles. The average molecular weight is 480 g/mol. The Hall–Kier alpha value is -2.64. The molecule has 188 valence electrons. The number of aryl methyl sites for hydroxylation is 2. The Balaban J connectivity index is 1.08. The second-order valence-electron chi connectivity index (χ2n) is 10.1. The summed E-state index contributed by atoms with van der Waals surface area (Å²) in [6.45, 7) is 3.72. The zero-order valence-electron chi connectivity index (χ0n) is 20.5. The number of aromatic nitrogens is 1. The molecule has 2 N–H and O–H groups in total. The molecule has 2 aliphatic heterocycles. The fraction of sp³-hybridized carbons (Fsp3) is 0.571. The summed E-state index contributed by atoms with van der Waals surface area (Å²) in [5.74, 6) is 1.54. The average Bonchev–Trinajstić information content (AvgIpc) is 3.60. The van der Waals surface area contributed by atoms with Gasteiger partial charge >= 0.3 is 5.97 Å². The summed E-state index contributed by atoms with van der Waals surface area (Å²) in [4.78, 5) is 19.1. The minimum atomic E-state index is -0.833. The summed E-state index contributed by atoms with van der Waals surface area (Å²) in [5.41, 5.74) is 3.20. The highest BCUT2D eigenvalue weighted by Crippen LogP contribution is 2.35. The van der Waals surface area contributed by atoms with Gasteiger partial charge in [-0.3, -0.25) is 9.69 Å². The molecular formula is C28H37N3O4. The van der Waals surface area contributed by atoms with Crippen LogP contribution in [0.5, 0.6) is 5.75 Å². The fourth-order valence-corrected chi connectivity index (χ4v) is 5.11. The van der Waals surface area contributed by atoms with Gasteiger partial charge in [0.1, 0.15) is 17.6 Å². The van der Waals surface area contributed by atoms with Gasteiger partial charge in [-0.25, -0.2) is 4.98 Å². The Morgan fingerprint density at radius 2 is 2.06 bits per heavy atom. The number of anilines is 1. The van der Waals surface area contributed by atoms with Crippen molar-refractivity contribution in [3.63, 3.8) is 0 Å². The lowest BCUT2D eigenvalue weighted by Crippen LogP contribution is -2.33. The van der Waals surface area contributed by atoms with Gasteiger partial charge in [-0.15, -0.1) is 0 Å². The molecule has 0 radical (unpaired) electrons. The number of carbonyl (C=O) groups is 1. The van der Waals surface area contributed by atoms with Crippen LogP contribution in [0.2, 0.25) is 0 Å². The molecule has 2 aromatic rings. The van der Waals surface area contributed by atoms with Gasteiger partial charge in [0.25, 0.3) is 0 Å². The zero-order valence-corrected chi connectivity index (χ0v) is 20.5. The Kier molecular flexibility index (Phi) is 7.84. The van der Waals surface area contributed by atoms with Crippen LogP contribution in [-0.4, -0.2) is 59.9 Å². The number of para-hydroxylation sites is 1. The first kappa shape index (κ1) is 24.1. The topological polar surface area (TPSA) is 83.9 Å². The number of nitrogens with one attached hydrogen (secondary N) is 1. The molecule has 0 amide bonds. The number of unbranched alkanes of at least 4 members (excludes halogenated alkanes) is 1. The number of rotatable bonds is 12. The number of fused-ring (bicyclic) bond motifs is 1. The van der Waals surface area contributed by atoms with Gasteiger partial charge in [0.05, 0.1) is 12.7 Å². The monoisotopic (exact) mass is 479 g/mol. The Morgan fingerprint density at radius 3 is 2.91 bits per heavy atom. The Morgan fingerprint density at radius 1 is 1.17 bits per heavy atom. The maximum atomic E-state index is 12.3.